The molecule has 0 aromatic carbocycles. The number of anilines is 1. The van der Waals surface area contributed by atoms with Gasteiger partial charge in [-0.2, -0.15) is 0 Å². The maximum Gasteiger partial charge on any atom is 0.335 e. The summed E-state index contributed by atoms with van der Waals surface area (Å²) in [5, 5.41) is 11.2. The molecule has 20 heavy (non-hydrogen) atoms. The van der Waals surface area contributed by atoms with Gasteiger partial charge in [-0.3, -0.25) is 14.9 Å². The second-order valence-corrected chi connectivity index (χ2v) is 5.25. The van der Waals surface area contributed by atoms with Crippen LogP contribution in [-0.4, -0.2) is 40.0 Å². The fourth-order valence-corrected chi connectivity index (χ4v) is 2.10. The molecule has 1 aromatic heterocycles. The lowest BCUT2D eigenvalue weighted by Gasteiger charge is -2.41. The molecule has 2 rings (SSSR count). The maximum absolute atomic E-state index is 11.9. The van der Waals surface area contributed by atoms with Crippen LogP contribution in [0.3, 0.4) is 0 Å². The van der Waals surface area contributed by atoms with Gasteiger partial charge < -0.3 is 10.0 Å². The minimum Gasteiger partial charge on any atom is -0.478 e. The fourth-order valence-electron chi connectivity index (χ4n) is 1.90. The largest absolute Gasteiger partial charge is 0.478 e. The van der Waals surface area contributed by atoms with Gasteiger partial charge in [-0.05, 0) is 26.0 Å². The Kier molecular flexibility index (Phi) is 3.39. The molecule has 8 heteroatoms. The summed E-state index contributed by atoms with van der Waals surface area (Å²) in [4.78, 5) is 39.8. The van der Waals surface area contributed by atoms with Crippen LogP contribution in [0, 0.1) is 0 Å². The topological polar surface area (TPSA) is 99.6 Å². The number of carbonyl (C=O) groups excluding carboxylic acids is 2. The second kappa shape index (κ2) is 4.75. The quantitative estimate of drug-likeness (QED) is 0.615. The highest BCUT2D eigenvalue weighted by Crippen LogP contribution is 2.27. The molecule has 2 N–H and O–H groups in total. The highest BCUT2D eigenvalue weighted by molar-refractivity contribution is 6.29. The van der Waals surface area contributed by atoms with Gasteiger partial charge in [-0.1, -0.05) is 11.6 Å². The second-order valence-electron chi connectivity index (χ2n) is 4.86. The minimum absolute atomic E-state index is 0.0193. The number of halogens is 1. The van der Waals surface area contributed by atoms with Crippen molar-refractivity contribution < 1.29 is 19.5 Å². The van der Waals surface area contributed by atoms with Crippen LogP contribution in [-0.2, 0) is 9.59 Å². The number of carboxylic acids is 1. The predicted octanol–water partition coefficient (Wildman–Crippen LogP) is 0.675. The molecule has 2 heterocycles. The smallest absolute Gasteiger partial charge is 0.335 e. The van der Waals surface area contributed by atoms with Crippen molar-refractivity contribution in [2.24, 2.45) is 0 Å². The summed E-state index contributed by atoms with van der Waals surface area (Å²) >= 11 is 5.79. The number of hydrogen-bond donors (Lipinski definition) is 2. The Morgan fingerprint density at radius 1 is 1.45 bits per heavy atom. The van der Waals surface area contributed by atoms with Crippen molar-refractivity contribution in [1.29, 1.82) is 0 Å². The first-order valence-corrected chi connectivity index (χ1v) is 6.12. The highest BCUT2D eigenvalue weighted by atomic mass is 35.5. The number of hydrogen-bond acceptors (Lipinski definition) is 5. The molecule has 0 bridgehead atoms. The van der Waals surface area contributed by atoms with E-state index in [2.05, 4.69) is 10.3 Å². The molecule has 1 fully saturated rings. The van der Waals surface area contributed by atoms with Gasteiger partial charge in [0.05, 0.1) is 12.1 Å². The van der Waals surface area contributed by atoms with Crippen LogP contribution < -0.4 is 10.2 Å². The van der Waals surface area contributed by atoms with Crippen LogP contribution in [0.25, 0.3) is 0 Å². The number of nitrogens with one attached hydrogen (secondary N) is 1. The van der Waals surface area contributed by atoms with E-state index in [0.717, 1.165) is 0 Å². The van der Waals surface area contributed by atoms with E-state index in [1.807, 2.05) is 0 Å². The molecule has 0 spiro atoms. The third-order valence-corrected chi connectivity index (χ3v) is 3.28. The van der Waals surface area contributed by atoms with Gasteiger partial charge in [0.25, 0.3) is 5.91 Å². The van der Waals surface area contributed by atoms with Crippen molar-refractivity contribution >= 4 is 35.2 Å². The summed E-state index contributed by atoms with van der Waals surface area (Å²) in [6.45, 7) is 3.11. The van der Waals surface area contributed by atoms with E-state index in [0.29, 0.717) is 0 Å². The molecule has 1 aliphatic heterocycles. The standard InChI is InChI=1S/C12H12ClN3O4/c1-12(2)11(20)15-9(17)5-16(12)8-4-6(10(18)19)3-7(13)14-8/h3-4H,5H2,1-2H3,(H,18,19)(H,15,17,20). The number of rotatable bonds is 2. The number of piperazine rings is 1. The molecule has 1 saturated heterocycles. The minimum atomic E-state index is -1.17. The van der Waals surface area contributed by atoms with Gasteiger partial charge >= 0.3 is 5.97 Å². The van der Waals surface area contributed by atoms with E-state index >= 15 is 0 Å². The molecule has 1 aliphatic rings. The molecular formula is C12H12ClN3O4. The predicted molar refractivity (Wildman–Crippen MR) is 70.8 cm³/mol. The van der Waals surface area contributed by atoms with Crippen molar-refractivity contribution in [2.75, 3.05) is 11.4 Å². The summed E-state index contributed by atoms with van der Waals surface area (Å²) in [5.41, 5.74) is -1.10. The number of amides is 2. The van der Waals surface area contributed by atoms with E-state index in [4.69, 9.17) is 16.7 Å². The Balaban J connectivity index is 2.51. The summed E-state index contributed by atoms with van der Waals surface area (Å²) < 4.78 is 0. The summed E-state index contributed by atoms with van der Waals surface area (Å²) in [6.07, 6.45) is 0. The molecule has 0 aliphatic carbocycles. The van der Waals surface area contributed by atoms with Gasteiger partial charge in [-0.25, -0.2) is 9.78 Å². The zero-order valence-corrected chi connectivity index (χ0v) is 11.6. The number of carbonyl (C=O) groups is 3. The lowest BCUT2D eigenvalue weighted by Crippen LogP contribution is -2.64. The van der Waals surface area contributed by atoms with Gasteiger partial charge in [0, 0.05) is 0 Å². The lowest BCUT2D eigenvalue weighted by molar-refractivity contribution is -0.135. The van der Waals surface area contributed by atoms with E-state index in [1.165, 1.54) is 17.0 Å². The van der Waals surface area contributed by atoms with Crippen LogP contribution in [0.2, 0.25) is 5.15 Å². The summed E-state index contributed by atoms with van der Waals surface area (Å²) in [6, 6.07) is 2.48. The Hall–Kier alpha value is -2.15. The molecule has 0 atom stereocenters. The lowest BCUT2D eigenvalue weighted by atomic mass is 9.98. The normalized spacial score (nSPS) is 17.9. The van der Waals surface area contributed by atoms with Gasteiger partial charge in [0.2, 0.25) is 5.91 Å². The Labute approximate surface area is 119 Å². The average molecular weight is 298 g/mol. The molecule has 1 aromatic rings. The van der Waals surface area contributed by atoms with Crippen LogP contribution in [0.1, 0.15) is 24.2 Å². The van der Waals surface area contributed by atoms with Crippen LogP contribution in [0.4, 0.5) is 5.82 Å². The molecule has 0 unspecified atom stereocenters. The van der Waals surface area contributed by atoms with Crippen molar-refractivity contribution in [2.45, 2.75) is 19.4 Å². The molecular weight excluding hydrogens is 286 g/mol. The zero-order valence-electron chi connectivity index (χ0n) is 10.8. The molecule has 106 valence electrons. The van der Waals surface area contributed by atoms with Crippen molar-refractivity contribution in [3.05, 3.63) is 22.8 Å². The first-order chi connectivity index (χ1) is 9.21. The van der Waals surface area contributed by atoms with Crippen molar-refractivity contribution in [1.82, 2.24) is 10.3 Å². The number of aromatic carboxylic acids is 1. The number of carboxylic acid groups (broad SMARTS) is 1. The number of pyridine rings is 1. The third-order valence-electron chi connectivity index (χ3n) is 3.09. The first kappa shape index (κ1) is 14.3. The fraction of sp³-hybridized carbons (Fsp3) is 0.333. The average Bonchev–Trinajstić information content (AvgIpc) is 2.33. The molecule has 0 radical (unpaired) electrons. The third kappa shape index (κ3) is 2.44. The van der Waals surface area contributed by atoms with E-state index < -0.39 is 23.3 Å². The summed E-state index contributed by atoms with van der Waals surface area (Å²) in [7, 11) is 0. The van der Waals surface area contributed by atoms with Crippen LogP contribution >= 0.6 is 11.6 Å². The molecule has 7 nitrogen and oxygen atoms in total. The van der Waals surface area contributed by atoms with E-state index in [1.54, 1.807) is 13.8 Å². The first-order valence-electron chi connectivity index (χ1n) is 5.74. The highest BCUT2D eigenvalue weighted by Gasteiger charge is 2.41. The van der Waals surface area contributed by atoms with E-state index in [9.17, 15) is 14.4 Å². The molecule has 2 amide bonds. The van der Waals surface area contributed by atoms with Crippen molar-refractivity contribution in [3.63, 3.8) is 0 Å². The van der Waals surface area contributed by atoms with Crippen LogP contribution in [0.15, 0.2) is 12.1 Å². The Morgan fingerprint density at radius 3 is 2.70 bits per heavy atom. The SMILES string of the molecule is CC1(C)C(=O)NC(=O)CN1c1cc(C(=O)O)cc(Cl)n1. The van der Waals surface area contributed by atoms with Crippen LogP contribution in [0.5, 0.6) is 0 Å². The number of imide groups is 1. The number of aromatic nitrogens is 1. The van der Waals surface area contributed by atoms with Gasteiger partial charge in [-0.15, -0.1) is 0 Å². The summed E-state index contributed by atoms with van der Waals surface area (Å²) in [5.74, 6) is -1.95. The van der Waals surface area contributed by atoms with Gasteiger partial charge in [0.1, 0.15) is 16.5 Å². The zero-order chi connectivity index (χ0) is 15.1. The van der Waals surface area contributed by atoms with E-state index in [-0.39, 0.29) is 23.1 Å². The van der Waals surface area contributed by atoms with Crippen molar-refractivity contribution in [3.8, 4) is 0 Å². The monoisotopic (exact) mass is 297 g/mol. The Morgan fingerprint density at radius 2 is 2.10 bits per heavy atom. The molecule has 0 saturated carbocycles. The van der Waals surface area contributed by atoms with Gasteiger partial charge in [0.15, 0.2) is 0 Å². The number of nitrogens with zero attached hydrogens (tertiary/aromatic N) is 2. The Bertz CT molecular complexity index is 615. The maximum atomic E-state index is 11.9.